The number of pyridine rings is 1. The number of aromatic nitrogens is 1. The van der Waals surface area contributed by atoms with Gasteiger partial charge in [0.05, 0.1) is 11.9 Å². The van der Waals surface area contributed by atoms with Crippen molar-refractivity contribution in [3.8, 4) is 0 Å². The molecule has 132 valence electrons. The van der Waals surface area contributed by atoms with Gasteiger partial charge in [-0.2, -0.15) is 0 Å². The molecule has 0 bridgehead atoms. The standard InChI is InChI=1S/C20H17F2N3O/c1-13-3-2-4-14(9-13)11-23-16-6-8-19(24-12-16)25-20(26)15-5-7-17(21)18(22)10-15/h2-10,12,23H,11H2,1H3,(H,24,25,26). The minimum atomic E-state index is -1.07. The molecule has 1 amide bonds. The summed E-state index contributed by atoms with van der Waals surface area (Å²) in [6, 6.07) is 14.6. The summed E-state index contributed by atoms with van der Waals surface area (Å²) in [7, 11) is 0. The lowest BCUT2D eigenvalue weighted by Gasteiger charge is -2.09. The van der Waals surface area contributed by atoms with Crippen molar-refractivity contribution in [3.05, 3.63) is 89.1 Å². The maximum atomic E-state index is 13.2. The zero-order valence-electron chi connectivity index (χ0n) is 14.1. The molecular weight excluding hydrogens is 336 g/mol. The van der Waals surface area contributed by atoms with Crippen molar-refractivity contribution < 1.29 is 13.6 Å². The Bertz CT molecular complexity index is 927. The molecule has 0 atom stereocenters. The molecular formula is C20H17F2N3O. The predicted molar refractivity (Wildman–Crippen MR) is 97.1 cm³/mol. The Hall–Kier alpha value is -3.28. The number of halogens is 2. The van der Waals surface area contributed by atoms with E-state index in [0.29, 0.717) is 12.4 Å². The van der Waals surface area contributed by atoms with E-state index in [1.807, 2.05) is 25.1 Å². The molecule has 2 N–H and O–H groups in total. The van der Waals surface area contributed by atoms with Gasteiger partial charge in [0.2, 0.25) is 0 Å². The first-order valence-electron chi connectivity index (χ1n) is 8.03. The van der Waals surface area contributed by atoms with Crippen LogP contribution in [0.5, 0.6) is 0 Å². The van der Waals surface area contributed by atoms with Crippen LogP contribution in [-0.4, -0.2) is 10.9 Å². The van der Waals surface area contributed by atoms with E-state index in [4.69, 9.17) is 0 Å². The molecule has 4 nitrogen and oxygen atoms in total. The van der Waals surface area contributed by atoms with Crippen LogP contribution in [0.3, 0.4) is 0 Å². The monoisotopic (exact) mass is 353 g/mol. The van der Waals surface area contributed by atoms with Gasteiger partial charge in [0, 0.05) is 12.1 Å². The van der Waals surface area contributed by atoms with Crippen LogP contribution >= 0.6 is 0 Å². The summed E-state index contributed by atoms with van der Waals surface area (Å²) in [5.41, 5.74) is 3.17. The Kier molecular flexibility index (Phi) is 5.22. The van der Waals surface area contributed by atoms with Gasteiger partial charge in [-0.3, -0.25) is 4.79 Å². The van der Waals surface area contributed by atoms with Crippen molar-refractivity contribution in [2.24, 2.45) is 0 Å². The Morgan fingerprint density at radius 1 is 1.04 bits per heavy atom. The van der Waals surface area contributed by atoms with E-state index < -0.39 is 17.5 Å². The molecule has 2 aromatic carbocycles. The van der Waals surface area contributed by atoms with Crippen LogP contribution in [0.15, 0.2) is 60.8 Å². The average molecular weight is 353 g/mol. The summed E-state index contributed by atoms with van der Waals surface area (Å²) in [6.07, 6.45) is 1.59. The Labute approximate surface area is 149 Å². The van der Waals surface area contributed by atoms with Crippen LogP contribution in [0.2, 0.25) is 0 Å². The zero-order valence-corrected chi connectivity index (χ0v) is 14.1. The van der Waals surface area contributed by atoms with Crippen molar-refractivity contribution >= 4 is 17.4 Å². The molecule has 0 aliphatic rings. The molecule has 0 spiro atoms. The molecule has 0 unspecified atom stereocenters. The van der Waals surface area contributed by atoms with Gasteiger partial charge in [0.1, 0.15) is 5.82 Å². The van der Waals surface area contributed by atoms with Gasteiger partial charge in [-0.1, -0.05) is 29.8 Å². The van der Waals surface area contributed by atoms with Crippen molar-refractivity contribution in [1.29, 1.82) is 0 Å². The molecule has 0 saturated carbocycles. The van der Waals surface area contributed by atoms with Crippen LogP contribution in [-0.2, 0) is 6.54 Å². The van der Waals surface area contributed by atoms with E-state index in [1.54, 1.807) is 18.3 Å². The Morgan fingerprint density at radius 2 is 1.88 bits per heavy atom. The second-order valence-corrected chi connectivity index (χ2v) is 5.86. The highest BCUT2D eigenvalue weighted by molar-refractivity contribution is 6.03. The number of hydrogen-bond donors (Lipinski definition) is 2. The molecule has 0 radical (unpaired) electrons. The highest BCUT2D eigenvalue weighted by Crippen LogP contribution is 2.14. The van der Waals surface area contributed by atoms with E-state index in [0.717, 1.165) is 23.4 Å². The number of nitrogens with one attached hydrogen (secondary N) is 2. The van der Waals surface area contributed by atoms with E-state index >= 15 is 0 Å². The summed E-state index contributed by atoms with van der Waals surface area (Å²) in [5.74, 6) is -2.30. The van der Waals surface area contributed by atoms with Gasteiger partial charge in [-0.05, 0) is 42.8 Å². The fourth-order valence-corrected chi connectivity index (χ4v) is 2.42. The van der Waals surface area contributed by atoms with Crippen molar-refractivity contribution in [2.45, 2.75) is 13.5 Å². The first kappa shape index (κ1) is 17.5. The molecule has 0 aliphatic heterocycles. The topological polar surface area (TPSA) is 54.0 Å². The average Bonchev–Trinajstić information content (AvgIpc) is 2.63. The number of hydrogen-bond acceptors (Lipinski definition) is 3. The van der Waals surface area contributed by atoms with Gasteiger partial charge in [-0.15, -0.1) is 0 Å². The third-order valence-electron chi connectivity index (χ3n) is 3.77. The minimum Gasteiger partial charge on any atom is -0.380 e. The molecule has 3 aromatic rings. The van der Waals surface area contributed by atoms with Crippen molar-refractivity contribution in [1.82, 2.24) is 4.98 Å². The summed E-state index contributed by atoms with van der Waals surface area (Å²) in [4.78, 5) is 16.2. The molecule has 0 fully saturated rings. The number of anilines is 2. The van der Waals surface area contributed by atoms with Gasteiger partial charge >= 0.3 is 0 Å². The second-order valence-electron chi connectivity index (χ2n) is 5.86. The highest BCUT2D eigenvalue weighted by Gasteiger charge is 2.10. The third kappa shape index (κ3) is 4.42. The van der Waals surface area contributed by atoms with Crippen LogP contribution in [0.4, 0.5) is 20.3 Å². The maximum Gasteiger partial charge on any atom is 0.256 e. The number of carbonyl (C=O) groups is 1. The van der Waals surface area contributed by atoms with E-state index in [2.05, 4.69) is 21.7 Å². The largest absolute Gasteiger partial charge is 0.380 e. The van der Waals surface area contributed by atoms with Gasteiger partial charge < -0.3 is 10.6 Å². The lowest BCUT2D eigenvalue weighted by molar-refractivity contribution is 0.102. The Balaban J connectivity index is 1.60. The number of amides is 1. The van der Waals surface area contributed by atoms with Crippen molar-refractivity contribution in [2.75, 3.05) is 10.6 Å². The van der Waals surface area contributed by atoms with Crippen LogP contribution < -0.4 is 10.6 Å². The van der Waals surface area contributed by atoms with E-state index in [1.165, 1.54) is 11.6 Å². The van der Waals surface area contributed by atoms with Crippen molar-refractivity contribution in [3.63, 3.8) is 0 Å². The number of carbonyl (C=O) groups excluding carboxylic acids is 1. The lowest BCUT2D eigenvalue weighted by Crippen LogP contribution is -2.13. The fraction of sp³-hybridized carbons (Fsp3) is 0.100. The number of rotatable bonds is 5. The smallest absolute Gasteiger partial charge is 0.256 e. The molecule has 3 rings (SSSR count). The van der Waals surface area contributed by atoms with Crippen LogP contribution in [0.25, 0.3) is 0 Å². The third-order valence-corrected chi connectivity index (χ3v) is 3.77. The second kappa shape index (κ2) is 7.74. The molecule has 26 heavy (non-hydrogen) atoms. The molecule has 1 heterocycles. The van der Waals surface area contributed by atoms with Crippen LogP contribution in [0.1, 0.15) is 21.5 Å². The first-order valence-corrected chi connectivity index (χ1v) is 8.03. The minimum absolute atomic E-state index is 0.0207. The fourth-order valence-electron chi connectivity index (χ4n) is 2.42. The Morgan fingerprint density at radius 3 is 2.58 bits per heavy atom. The van der Waals surface area contributed by atoms with Gasteiger partial charge in [0.15, 0.2) is 11.6 Å². The molecule has 0 saturated heterocycles. The maximum absolute atomic E-state index is 13.2. The lowest BCUT2D eigenvalue weighted by atomic mass is 10.1. The normalized spacial score (nSPS) is 10.4. The van der Waals surface area contributed by atoms with Crippen LogP contribution in [0, 0.1) is 18.6 Å². The quantitative estimate of drug-likeness (QED) is 0.708. The summed E-state index contributed by atoms with van der Waals surface area (Å²) >= 11 is 0. The van der Waals surface area contributed by atoms with E-state index in [9.17, 15) is 13.6 Å². The molecule has 6 heteroatoms. The zero-order chi connectivity index (χ0) is 18.5. The summed E-state index contributed by atoms with van der Waals surface area (Å²) in [5, 5.41) is 5.79. The summed E-state index contributed by atoms with van der Waals surface area (Å²) < 4.78 is 26.1. The molecule has 0 aliphatic carbocycles. The first-order chi connectivity index (χ1) is 12.5. The van der Waals surface area contributed by atoms with Gasteiger partial charge in [-0.25, -0.2) is 13.8 Å². The number of nitrogens with zero attached hydrogens (tertiary/aromatic N) is 1. The highest BCUT2D eigenvalue weighted by atomic mass is 19.2. The summed E-state index contributed by atoms with van der Waals surface area (Å²) in [6.45, 7) is 2.69. The van der Waals surface area contributed by atoms with Gasteiger partial charge in [0.25, 0.3) is 5.91 Å². The predicted octanol–water partition coefficient (Wildman–Crippen LogP) is 4.53. The SMILES string of the molecule is Cc1cccc(CNc2ccc(NC(=O)c3ccc(F)c(F)c3)nc2)c1. The number of aryl methyl sites for hydroxylation is 1. The number of benzene rings is 2. The van der Waals surface area contributed by atoms with E-state index in [-0.39, 0.29) is 5.56 Å². The molecule has 1 aromatic heterocycles.